The number of aliphatic hydroxyl groups is 1. The Balaban J connectivity index is 2.71. The van der Waals surface area contributed by atoms with Crippen molar-refractivity contribution in [2.45, 2.75) is 18.6 Å². The molecule has 0 saturated carbocycles. The molecule has 0 bridgehead atoms. The van der Waals surface area contributed by atoms with Gasteiger partial charge in [0.05, 0.1) is 18.2 Å². The summed E-state index contributed by atoms with van der Waals surface area (Å²) in [6.07, 6.45) is 0.00557. The molecule has 0 aliphatic carbocycles. The van der Waals surface area contributed by atoms with Gasteiger partial charge in [0.2, 0.25) is 0 Å². The van der Waals surface area contributed by atoms with Gasteiger partial charge in [0, 0.05) is 6.04 Å². The first kappa shape index (κ1) is 15.2. The number of hydrogen-bond acceptors (Lipinski definition) is 4. The van der Waals surface area contributed by atoms with E-state index in [9.17, 15) is 5.11 Å². The summed E-state index contributed by atoms with van der Waals surface area (Å²) in [6.45, 7) is 0.835. The molecule has 0 spiro atoms. The lowest BCUT2D eigenvalue weighted by Gasteiger charge is -2.21. The first-order chi connectivity index (χ1) is 8.45. The normalized spacial score (nSPS) is 14.6. The summed E-state index contributed by atoms with van der Waals surface area (Å²) in [7, 11) is 5.51. The van der Waals surface area contributed by atoms with Crippen molar-refractivity contribution in [1.29, 1.82) is 0 Å². The van der Waals surface area contributed by atoms with E-state index in [1.807, 2.05) is 19.0 Å². The molecule has 0 saturated heterocycles. The van der Waals surface area contributed by atoms with Crippen molar-refractivity contribution in [3.8, 4) is 5.75 Å². The number of nitrogens with two attached hydrogens (primary N) is 1. The zero-order valence-electron chi connectivity index (χ0n) is 11.1. The SMILES string of the molecule is COc1ccc(C(O)C(N)CCN(C)C)cc1Cl. The van der Waals surface area contributed by atoms with Crippen LogP contribution in [0.15, 0.2) is 18.2 Å². The van der Waals surface area contributed by atoms with Crippen LogP contribution < -0.4 is 10.5 Å². The Morgan fingerprint density at radius 3 is 2.61 bits per heavy atom. The first-order valence-electron chi connectivity index (χ1n) is 5.87. The fourth-order valence-corrected chi connectivity index (χ4v) is 1.95. The van der Waals surface area contributed by atoms with Gasteiger partial charge in [-0.1, -0.05) is 17.7 Å². The lowest BCUT2D eigenvalue weighted by molar-refractivity contribution is 0.137. The Labute approximate surface area is 113 Å². The molecule has 1 rings (SSSR count). The average molecular weight is 273 g/mol. The van der Waals surface area contributed by atoms with Crippen LogP contribution in [0.1, 0.15) is 18.1 Å². The molecule has 0 aromatic heterocycles. The van der Waals surface area contributed by atoms with E-state index in [0.717, 1.165) is 13.0 Å². The van der Waals surface area contributed by atoms with Crippen LogP contribution in [0.5, 0.6) is 5.75 Å². The standard InChI is InChI=1S/C13H21ClN2O2/c1-16(2)7-6-11(15)13(17)9-4-5-12(18-3)10(14)8-9/h4-5,8,11,13,17H,6-7,15H2,1-3H3. The Kier molecular flexibility index (Phi) is 5.88. The Bertz CT molecular complexity index is 385. The summed E-state index contributed by atoms with van der Waals surface area (Å²) >= 11 is 6.02. The summed E-state index contributed by atoms with van der Waals surface area (Å²) in [5, 5.41) is 10.6. The third kappa shape index (κ3) is 4.14. The maximum atomic E-state index is 10.1. The van der Waals surface area contributed by atoms with Gasteiger partial charge in [-0.25, -0.2) is 0 Å². The van der Waals surface area contributed by atoms with Crippen molar-refractivity contribution in [3.63, 3.8) is 0 Å². The number of halogens is 1. The number of benzene rings is 1. The summed E-state index contributed by atoms with van der Waals surface area (Å²) < 4.78 is 5.07. The van der Waals surface area contributed by atoms with Gasteiger partial charge in [0.1, 0.15) is 5.75 Å². The topological polar surface area (TPSA) is 58.7 Å². The molecule has 18 heavy (non-hydrogen) atoms. The Hall–Kier alpha value is -0.810. The fraction of sp³-hybridized carbons (Fsp3) is 0.538. The molecule has 0 fully saturated rings. The van der Waals surface area contributed by atoms with Gasteiger partial charge in [-0.15, -0.1) is 0 Å². The number of aliphatic hydroxyl groups excluding tert-OH is 1. The summed E-state index contributed by atoms with van der Waals surface area (Å²) in [6, 6.07) is 4.90. The van der Waals surface area contributed by atoms with Gasteiger partial charge < -0.3 is 20.5 Å². The van der Waals surface area contributed by atoms with Gasteiger partial charge in [-0.2, -0.15) is 0 Å². The van der Waals surface area contributed by atoms with E-state index < -0.39 is 6.10 Å². The lowest BCUT2D eigenvalue weighted by atomic mass is 10.0. The van der Waals surface area contributed by atoms with Crippen molar-refractivity contribution >= 4 is 11.6 Å². The molecule has 5 heteroatoms. The van der Waals surface area contributed by atoms with Crippen LogP contribution in [0.4, 0.5) is 0 Å². The van der Waals surface area contributed by atoms with Crippen molar-refractivity contribution in [2.24, 2.45) is 5.73 Å². The van der Waals surface area contributed by atoms with Crippen molar-refractivity contribution in [1.82, 2.24) is 4.90 Å². The molecule has 1 aromatic rings. The van der Waals surface area contributed by atoms with Crippen LogP contribution in [0.25, 0.3) is 0 Å². The zero-order valence-corrected chi connectivity index (χ0v) is 11.8. The number of methoxy groups -OCH3 is 1. The highest BCUT2D eigenvalue weighted by Gasteiger charge is 2.18. The second kappa shape index (κ2) is 6.95. The third-order valence-electron chi connectivity index (χ3n) is 2.83. The van der Waals surface area contributed by atoms with Gasteiger partial charge >= 0.3 is 0 Å². The monoisotopic (exact) mass is 272 g/mol. The van der Waals surface area contributed by atoms with Crippen LogP contribution in [0, 0.1) is 0 Å². The first-order valence-corrected chi connectivity index (χ1v) is 6.25. The van der Waals surface area contributed by atoms with Crippen LogP contribution in [-0.2, 0) is 0 Å². The predicted molar refractivity (Wildman–Crippen MR) is 74.1 cm³/mol. The number of ether oxygens (including phenoxy) is 1. The molecule has 102 valence electrons. The number of rotatable bonds is 6. The minimum atomic E-state index is -0.714. The van der Waals surface area contributed by atoms with Crippen molar-refractivity contribution in [3.05, 3.63) is 28.8 Å². The lowest BCUT2D eigenvalue weighted by Crippen LogP contribution is -2.32. The molecule has 0 radical (unpaired) electrons. The van der Waals surface area contributed by atoms with E-state index in [0.29, 0.717) is 16.3 Å². The minimum Gasteiger partial charge on any atom is -0.495 e. The summed E-state index contributed by atoms with van der Waals surface area (Å²) in [5.74, 6) is 0.592. The maximum absolute atomic E-state index is 10.1. The third-order valence-corrected chi connectivity index (χ3v) is 3.13. The van der Waals surface area contributed by atoms with Crippen LogP contribution in [0.2, 0.25) is 5.02 Å². The second-order valence-corrected chi connectivity index (χ2v) is 5.00. The highest BCUT2D eigenvalue weighted by atomic mass is 35.5. The predicted octanol–water partition coefficient (Wildman–Crippen LogP) is 1.66. The van der Waals surface area contributed by atoms with Crippen LogP contribution in [-0.4, -0.2) is 43.8 Å². The van der Waals surface area contributed by atoms with Crippen molar-refractivity contribution in [2.75, 3.05) is 27.7 Å². The molecule has 0 amide bonds. The molecule has 0 aliphatic rings. The Morgan fingerprint density at radius 1 is 1.44 bits per heavy atom. The van der Waals surface area contributed by atoms with E-state index in [-0.39, 0.29) is 6.04 Å². The fourth-order valence-electron chi connectivity index (χ4n) is 1.68. The molecular weight excluding hydrogens is 252 g/mol. The zero-order chi connectivity index (χ0) is 13.7. The largest absolute Gasteiger partial charge is 0.495 e. The van der Waals surface area contributed by atoms with Gasteiger partial charge in [-0.05, 0) is 44.8 Å². The second-order valence-electron chi connectivity index (χ2n) is 4.59. The quantitative estimate of drug-likeness (QED) is 0.827. The summed E-state index contributed by atoms with van der Waals surface area (Å²) in [5.41, 5.74) is 6.68. The van der Waals surface area contributed by atoms with Gasteiger partial charge in [0.25, 0.3) is 0 Å². The van der Waals surface area contributed by atoms with E-state index >= 15 is 0 Å². The number of hydrogen-bond donors (Lipinski definition) is 2. The highest BCUT2D eigenvalue weighted by molar-refractivity contribution is 6.32. The molecule has 1 aromatic carbocycles. The van der Waals surface area contributed by atoms with E-state index in [2.05, 4.69) is 0 Å². The highest BCUT2D eigenvalue weighted by Crippen LogP contribution is 2.28. The summed E-state index contributed by atoms with van der Waals surface area (Å²) in [4.78, 5) is 2.04. The molecular formula is C13H21ClN2O2. The van der Waals surface area contributed by atoms with Gasteiger partial charge in [0.15, 0.2) is 0 Å². The molecule has 2 unspecified atom stereocenters. The molecule has 0 aliphatic heterocycles. The molecule has 2 atom stereocenters. The van der Waals surface area contributed by atoms with Crippen LogP contribution >= 0.6 is 11.6 Å². The van der Waals surface area contributed by atoms with Gasteiger partial charge in [-0.3, -0.25) is 0 Å². The van der Waals surface area contributed by atoms with E-state index in [1.54, 1.807) is 25.3 Å². The minimum absolute atomic E-state index is 0.308. The number of nitrogens with zero attached hydrogens (tertiary/aromatic N) is 1. The van der Waals surface area contributed by atoms with Crippen LogP contribution in [0.3, 0.4) is 0 Å². The van der Waals surface area contributed by atoms with E-state index in [4.69, 9.17) is 22.1 Å². The Morgan fingerprint density at radius 2 is 2.11 bits per heavy atom. The molecule has 0 heterocycles. The molecule has 4 nitrogen and oxygen atoms in total. The van der Waals surface area contributed by atoms with E-state index in [1.165, 1.54) is 0 Å². The average Bonchev–Trinajstić information content (AvgIpc) is 2.34. The maximum Gasteiger partial charge on any atom is 0.137 e. The smallest absolute Gasteiger partial charge is 0.137 e. The molecule has 3 N–H and O–H groups in total. The van der Waals surface area contributed by atoms with Crippen molar-refractivity contribution < 1.29 is 9.84 Å².